The maximum absolute atomic E-state index is 8.68. The van der Waals surface area contributed by atoms with E-state index in [-0.39, 0.29) is 17.4 Å². The third kappa shape index (κ3) is 5.26. The molecule has 0 radical (unpaired) electrons. The molecule has 20 heavy (non-hydrogen) atoms. The van der Waals surface area contributed by atoms with Gasteiger partial charge in [0.1, 0.15) is 12.3 Å². The van der Waals surface area contributed by atoms with Crippen LogP contribution in [0.2, 0.25) is 0 Å². The summed E-state index contributed by atoms with van der Waals surface area (Å²) in [6.07, 6.45) is 1.38. The number of aliphatic imine (C=N–C) groups is 1. The third-order valence-electron chi connectivity index (χ3n) is 2.21. The quantitative estimate of drug-likeness (QED) is 0.241. The van der Waals surface area contributed by atoms with Crippen LogP contribution >= 0.6 is 0 Å². The highest BCUT2D eigenvalue weighted by Crippen LogP contribution is 2.03. The van der Waals surface area contributed by atoms with E-state index in [2.05, 4.69) is 16.7 Å². The minimum absolute atomic E-state index is 0.112. The van der Waals surface area contributed by atoms with Crippen LogP contribution in [0.4, 0.5) is 0 Å². The molecule has 0 bridgehead atoms. The van der Waals surface area contributed by atoms with Gasteiger partial charge in [0.2, 0.25) is 0 Å². The van der Waals surface area contributed by atoms with Crippen LogP contribution in [-0.4, -0.2) is 16.8 Å². The Morgan fingerprint density at radius 1 is 1.35 bits per heavy atom. The molecule has 5 N–H and O–H groups in total. The summed E-state index contributed by atoms with van der Waals surface area (Å²) in [6.45, 7) is 5.62. The van der Waals surface area contributed by atoms with Gasteiger partial charge in [-0.1, -0.05) is 42.1 Å². The van der Waals surface area contributed by atoms with Crippen LogP contribution < -0.4 is 11.5 Å². The van der Waals surface area contributed by atoms with Gasteiger partial charge in [0, 0.05) is 11.8 Å². The van der Waals surface area contributed by atoms with Gasteiger partial charge in [0.15, 0.2) is 11.7 Å². The minimum atomic E-state index is -0.167. The fourth-order valence-corrected chi connectivity index (χ4v) is 1.34. The van der Waals surface area contributed by atoms with Gasteiger partial charge in [-0.2, -0.15) is 0 Å². The zero-order valence-corrected chi connectivity index (χ0v) is 11.3. The Kier molecular flexibility index (Phi) is 5.83. The first-order valence-electron chi connectivity index (χ1n) is 5.89. The lowest BCUT2D eigenvalue weighted by Crippen LogP contribution is -2.23. The van der Waals surface area contributed by atoms with Crippen LogP contribution in [0.1, 0.15) is 12.5 Å². The number of hydrogen-bond acceptors (Lipinski definition) is 5. The van der Waals surface area contributed by atoms with Gasteiger partial charge in [-0.15, -0.1) is 0 Å². The summed E-state index contributed by atoms with van der Waals surface area (Å²) >= 11 is 0. The molecule has 0 saturated heterocycles. The predicted molar refractivity (Wildman–Crippen MR) is 79.2 cm³/mol. The molecule has 0 heterocycles. The van der Waals surface area contributed by atoms with E-state index in [9.17, 15) is 0 Å². The molecule has 0 aliphatic rings. The number of nitrogens with zero attached hydrogens (tertiary/aromatic N) is 2. The van der Waals surface area contributed by atoms with E-state index >= 15 is 0 Å². The van der Waals surface area contributed by atoms with Crippen molar-refractivity contribution in [2.24, 2.45) is 21.6 Å². The average Bonchev–Trinajstić information content (AvgIpc) is 2.44. The molecule has 0 aliphatic carbocycles. The van der Waals surface area contributed by atoms with Gasteiger partial charge < -0.3 is 21.4 Å². The normalized spacial score (nSPS) is 13.2. The fourth-order valence-electron chi connectivity index (χ4n) is 1.34. The van der Waals surface area contributed by atoms with Crippen molar-refractivity contribution in [1.82, 2.24) is 0 Å². The number of hydrogen-bond donors (Lipinski definition) is 3. The van der Waals surface area contributed by atoms with E-state index < -0.39 is 0 Å². The smallest absolute Gasteiger partial charge is 0.188 e. The lowest BCUT2D eigenvalue weighted by molar-refractivity contribution is 0.196. The average molecular weight is 274 g/mol. The van der Waals surface area contributed by atoms with E-state index in [1.165, 1.54) is 6.08 Å². The predicted octanol–water partition coefficient (Wildman–Crippen LogP) is 1.72. The number of ether oxygens (including phenoxy) is 1. The molecule has 0 fully saturated rings. The molecule has 1 aromatic rings. The summed E-state index contributed by atoms with van der Waals surface area (Å²) in [7, 11) is 0. The lowest BCUT2D eigenvalue weighted by Gasteiger charge is -2.07. The molecule has 6 heteroatoms. The number of amidine groups is 1. The monoisotopic (exact) mass is 274 g/mol. The first-order chi connectivity index (χ1) is 9.52. The van der Waals surface area contributed by atoms with E-state index in [0.29, 0.717) is 12.3 Å². The second-order valence-electron chi connectivity index (χ2n) is 4.04. The van der Waals surface area contributed by atoms with Gasteiger partial charge in [0.05, 0.1) is 0 Å². The number of oxime groups is 1. The topological polar surface area (TPSA) is 106 Å². The zero-order valence-electron chi connectivity index (χ0n) is 11.3. The molecule has 0 amide bonds. The van der Waals surface area contributed by atoms with Crippen molar-refractivity contribution in [3.05, 3.63) is 60.1 Å². The summed E-state index contributed by atoms with van der Waals surface area (Å²) in [5.74, 6) is -0.0558. The molecular formula is C14H18N4O2. The van der Waals surface area contributed by atoms with Gasteiger partial charge >= 0.3 is 0 Å². The Morgan fingerprint density at radius 3 is 2.55 bits per heavy atom. The van der Waals surface area contributed by atoms with Crippen molar-refractivity contribution in [1.29, 1.82) is 0 Å². The highest BCUT2D eigenvalue weighted by Gasteiger charge is 2.05. The number of rotatable bonds is 6. The summed E-state index contributed by atoms with van der Waals surface area (Å²) in [5, 5.41) is 11.6. The minimum Gasteiger partial charge on any atom is -0.474 e. The molecule has 0 aliphatic heterocycles. The van der Waals surface area contributed by atoms with E-state index in [4.69, 9.17) is 21.4 Å². The van der Waals surface area contributed by atoms with Crippen molar-refractivity contribution in [2.75, 3.05) is 0 Å². The molecule has 0 saturated carbocycles. The van der Waals surface area contributed by atoms with Crippen LogP contribution in [0.5, 0.6) is 0 Å². The van der Waals surface area contributed by atoms with Crippen molar-refractivity contribution in [3.63, 3.8) is 0 Å². The fraction of sp³-hybridized carbons (Fsp3) is 0.143. The second-order valence-corrected chi connectivity index (χ2v) is 4.04. The maximum Gasteiger partial charge on any atom is 0.188 e. The summed E-state index contributed by atoms with van der Waals surface area (Å²) < 4.78 is 5.37. The second kappa shape index (κ2) is 7.63. The van der Waals surface area contributed by atoms with Crippen LogP contribution in [0.3, 0.4) is 0 Å². The van der Waals surface area contributed by atoms with Crippen LogP contribution in [-0.2, 0) is 11.3 Å². The Bertz CT molecular complexity index is 548. The standard InChI is InChI=1S/C14H18N4O2/c1-10(2)17-12(14(16)18-19)8-13(15)20-9-11-6-4-3-5-7-11/h3-8,19H,1,9,15H2,2H3,(H2,16,18)/b13-8+,17-12+. The van der Waals surface area contributed by atoms with Gasteiger partial charge in [-0.05, 0) is 12.5 Å². The van der Waals surface area contributed by atoms with Crippen molar-refractivity contribution < 1.29 is 9.94 Å². The van der Waals surface area contributed by atoms with E-state index in [0.717, 1.165) is 5.56 Å². The lowest BCUT2D eigenvalue weighted by atomic mass is 10.2. The largest absolute Gasteiger partial charge is 0.474 e. The molecule has 0 spiro atoms. The van der Waals surface area contributed by atoms with E-state index in [1.54, 1.807) is 6.92 Å². The van der Waals surface area contributed by atoms with Crippen molar-refractivity contribution in [2.45, 2.75) is 13.5 Å². The van der Waals surface area contributed by atoms with Crippen LogP contribution in [0.15, 0.2) is 64.7 Å². The first-order valence-corrected chi connectivity index (χ1v) is 5.89. The molecule has 1 aromatic carbocycles. The Labute approximate surface area is 117 Å². The summed E-state index contributed by atoms with van der Waals surface area (Å²) in [5.41, 5.74) is 12.9. The molecule has 106 valence electrons. The number of allylic oxidation sites excluding steroid dienone is 1. The van der Waals surface area contributed by atoms with Crippen LogP contribution in [0, 0.1) is 0 Å². The van der Waals surface area contributed by atoms with Crippen molar-refractivity contribution in [3.8, 4) is 0 Å². The summed E-state index contributed by atoms with van der Waals surface area (Å²) in [4.78, 5) is 4.01. The zero-order chi connectivity index (χ0) is 15.0. The molecule has 6 nitrogen and oxygen atoms in total. The highest BCUT2D eigenvalue weighted by atomic mass is 16.5. The van der Waals surface area contributed by atoms with Gasteiger partial charge in [-0.25, -0.2) is 0 Å². The summed E-state index contributed by atoms with van der Waals surface area (Å²) in [6, 6.07) is 9.56. The molecular weight excluding hydrogens is 256 g/mol. The van der Waals surface area contributed by atoms with Gasteiger partial charge in [-0.3, -0.25) is 4.99 Å². The molecule has 0 atom stereocenters. The van der Waals surface area contributed by atoms with Crippen molar-refractivity contribution >= 4 is 11.5 Å². The third-order valence-corrected chi connectivity index (χ3v) is 2.21. The Hall–Kier alpha value is -2.76. The SMILES string of the molecule is C=C(C)/N=C(\C=C(/N)OCc1ccccc1)C(/N)=N/O. The Balaban J connectivity index is 2.77. The number of nitrogens with two attached hydrogens (primary N) is 2. The highest BCUT2D eigenvalue weighted by molar-refractivity contribution is 6.45. The Morgan fingerprint density at radius 2 is 2.00 bits per heavy atom. The van der Waals surface area contributed by atoms with Crippen LogP contribution in [0.25, 0.3) is 0 Å². The molecule has 0 aromatic heterocycles. The number of benzene rings is 1. The first kappa shape index (κ1) is 15.3. The van der Waals surface area contributed by atoms with E-state index in [1.807, 2.05) is 30.3 Å². The maximum atomic E-state index is 8.68. The molecule has 1 rings (SSSR count). The molecule has 0 unspecified atom stereocenters. The van der Waals surface area contributed by atoms with Gasteiger partial charge in [0.25, 0.3) is 0 Å².